The third kappa shape index (κ3) is 7.00. The highest BCUT2D eigenvalue weighted by Gasteiger charge is 2.26. The highest BCUT2D eigenvalue weighted by atomic mass is 16.5. The average Bonchev–Trinajstić information content (AvgIpc) is 2.65. The molecule has 142 valence electrons. The summed E-state index contributed by atoms with van der Waals surface area (Å²) in [7, 11) is 0. The van der Waals surface area contributed by atoms with E-state index in [-0.39, 0.29) is 6.61 Å². The molecule has 0 aliphatic heterocycles. The Morgan fingerprint density at radius 1 is 1.08 bits per heavy atom. The maximum atomic E-state index is 12.2. The molecule has 1 aromatic rings. The molecule has 1 atom stereocenters. The lowest BCUT2D eigenvalue weighted by Crippen LogP contribution is -2.52. The molecule has 0 spiro atoms. The van der Waals surface area contributed by atoms with Crippen LogP contribution in [0.4, 0.5) is 9.59 Å². The number of carboxylic acid groups (broad SMARTS) is 1. The third-order valence-corrected chi connectivity index (χ3v) is 4.41. The fourth-order valence-electron chi connectivity index (χ4n) is 3.10. The molecule has 0 radical (unpaired) electrons. The number of nitrogens with one attached hydrogen (secondary N) is 3. The molecule has 0 saturated heterocycles. The molecule has 0 unspecified atom stereocenters. The molecule has 0 aromatic heterocycles. The number of rotatable bonds is 6. The standard InChI is InChI=1S/C18H25N3O5/c22-16(20-21-17(23)24)15(11-13-7-3-1-4-8-13)19-18(25)26-12-14-9-5-2-6-10-14/h2,5-6,9-10,13,15,21H,1,3-4,7-8,11-12H2,(H,19,25)(H,20,22)(H,23,24)/t15-/m0/s1. The van der Waals surface area contributed by atoms with Gasteiger partial charge in [0.1, 0.15) is 12.6 Å². The van der Waals surface area contributed by atoms with Gasteiger partial charge in [-0.1, -0.05) is 62.4 Å². The SMILES string of the molecule is O=C(O)NNC(=O)[C@H](CC1CCCCC1)NC(=O)OCc1ccccc1. The Hall–Kier alpha value is -2.77. The number of benzene rings is 1. The van der Waals surface area contributed by atoms with E-state index >= 15 is 0 Å². The predicted molar refractivity (Wildman–Crippen MR) is 94.0 cm³/mol. The normalized spacial score (nSPS) is 15.5. The van der Waals surface area contributed by atoms with Crippen molar-refractivity contribution >= 4 is 18.1 Å². The van der Waals surface area contributed by atoms with Crippen molar-refractivity contribution in [1.82, 2.24) is 16.2 Å². The van der Waals surface area contributed by atoms with Crippen LogP contribution in [0.3, 0.4) is 0 Å². The monoisotopic (exact) mass is 363 g/mol. The van der Waals surface area contributed by atoms with Gasteiger partial charge in [-0.2, -0.15) is 0 Å². The summed E-state index contributed by atoms with van der Waals surface area (Å²) in [6.07, 6.45) is 3.75. The summed E-state index contributed by atoms with van der Waals surface area (Å²) in [4.78, 5) is 34.8. The summed E-state index contributed by atoms with van der Waals surface area (Å²) in [5.74, 6) is -0.284. The molecular formula is C18H25N3O5. The van der Waals surface area contributed by atoms with Gasteiger partial charge in [-0.05, 0) is 17.9 Å². The fraction of sp³-hybridized carbons (Fsp3) is 0.500. The van der Waals surface area contributed by atoms with E-state index in [1.54, 1.807) is 0 Å². The second kappa shape index (κ2) is 10.3. The second-order valence-corrected chi connectivity index (χ2v) is 6.42. The predicted octanol–water partition coefficient (Wildman–Crippen LogP) is 2.55. The molecule has 8 nitrogen and oxygen atoms in total. The molecule has 2 rings (SSSR count). The van der Waals surface area contributed by atoms with Crippen LogP contribution in [0.2, 0.25) is 0 Å². The molecular weight excluding hydrogens is 338 g/mol. The number of hydrogen-bond donors (Lipinski definition) is 4. The minimum absolute atomic E-state index is 0.0951. The minimum Gasteiger partial charge on any atom is -0.464 e. The smallest absolute Gasteiger partial charge is 0.423 e. The van der Waals surface area contributed by atoms with Crippen molar-refractivity contribution in [2.45, 2.75) is 51.2 Å². The Morgan fingerprint density at radius 2 is 1.77 bits per heavy atom. The lowest BCUT2D eigenvalue weighted by Gasteiger charge is -2.26. The maximum absolute atomic E-state index is 12.2. The van der Waals surface area contributed by atoms with E-state index in [4.69, 9.17) is 9.84 Å². The molecule has 1 aliphatic rings. The van der Waals surface area contributed by atoms with E-state index in [0.717, 1.165) is 31.2 Å². The van der Waals surface area contributed by atoms with Gasteiger partial charge >= 0.3 is 12.2 Å². The van der Waals surface area contributed by atoms with Gasteiger partial charge in [-0.15, -0.1) is 0 Å². The van der Waals surface area contributed by atoms with Crippen LogP contribution in [0.15, 0.2) is 30.3 Å². The first-order valence-electron chi connectivity index (χ1n) is 8.80. The zero-order valence-electron chi connectivity index (χ0n) is 14.6. The van der Waals surface area contributed by atoms with E-state index in [1.165, 1.54) is 6.42 Å². The van der Waals surface area contributed by atoms with E-state index in [0.29, 0.717) is 12.3 Å². The van der Waals surface area contributed by atoms with Gasteiger partial charge < -0.3 is 15.2 Å². The topological polar surface area (TPSA) is 117 Å². The molecule has 0 bridgehead atoms. The summed E-state index contributed by atoms with van der Waals surface area (Å²) < 4.78 is 5.16. The van der Waals surface area contributed by atoms with Gasteiger partial charge in [0.25, 0.3) is 5.91 Å². The van der Waals surface area contributed by atoms with Crippen molar-refractivity contribution in [2.75, 3.05) is 0 Å². The molecule has 1 aliphatic carbocycles. The molecule has 1 aromatic carbocycles. The molecule has 1 fully saturated rings. The maximum Gasteiger partial charge on any atom is 0.423 e. The average molecular weight is 363 g/mol. The number of carbonyl (C=O) groups excluding carboxylic acids is 2. The van der Waals surface area contributed by atoms with Crippen LogP contribution >= 0.6 is 0 Å². The Kier molecular flexibility index (Phi) is 7.73. The molecule has 4 N–H and O–H groups in total. The second-order valence-electron chi connectivity index (χ2n) is 6.42. The highest BCUT2D eigenvalue weighted by Crippen LogP contribution is 2.27. The summed E-state index contributed by atoms with van der Waals surface area (Å²) in [6, 6.07) is 8.35. The molecule has 26 heavy (non-hydrogen) atoms. The number of carbonyl (C=O) groups is 3. The third-order valence-electron chi connectivity index (χ3n) is 4.41. The number of hydrazine groups is 1. The first-order chi connectivity index (χ1) is 12.5. The van der Waals surface area contributed by atoms with Crippen molar-refractivity contribution in [3.8, 4) is 0 Å². The summed E-state index contributed by atoms with van der Waals surface area (Å²) in [5.41, 5.74) is 4.75. The highest BCUT2D eigenvalue weighted by molar-refractivity contribution is 5.86. The number of ether oxygens (including phenoxy) is 1. The van der Waals surface area contributed by atoms with E-state index in [1.807, 2.05) is 35.8 Å². The lowest BCUT2D eigenvalue weighted by molar-refractivity contribution is -0.124. The van der Waals surface area contributed by atoms with E-state index < -0.39 is 24.1 Å². The first kappa shape index (κ1) is 19.6. The minimum atomic E-state index is -1.37. The van der Waals surface area contributed by atoms with E-state index in [9.17, 15) is 14.4 Å². The van der Waals surface area contributed by atoms with Crippen LogP contribution in [0.1, 0.15) is 44.1 Å². The zero-order chi connectivity index (χ0) is 18.8. The van der Waals surface area contributed by atoms with Gasteiger partial charge in [-0.25, -0.2) is 15.0 Å². The van der Waals surface area contributed by atoms with Crippen molar-refractivity contribution in [3.63, 3.8) is 0 Å². The van der Waals surface area contributed by atoms with Crippen molar-refractivity contribution < 1.29 is 24.2 Å². The first-order valence-corrected chi connectivity index (χ1v) is 8.80. The van der Waals surface area contributed by atoms with Gasteiger partial charge in [0, 0.05) is 0 Å². The largest absolute Gasteiger partial charge is 0.464 e. The van der Waals surface area contributed by atoms with Crippen molar-refractivity contribution in [3.05, 3.63) is 35.9 Å². The quantitative estimate of drug-likeness (QED) is 0.580. The van der Waals surface area contributed by atoms with Crippen LogP contribution in [0, 0.1) is 5.92 Å². The van der Waals surface area contributed by atoms with Gasteiger partial charge in [0.15, 0.2) is 0 Å². The lowest BCUT2D eigenvalue weighted by atomic mass is 9.84. The van der Waals surface area contributed by atoms with Crippen LogP contribution in [-0.2, 0) is 16.1 Å². The number of amides is 3. The zero-order valence-corrected chi connectivity index (χ0v) is 14.6. The summed E-state index contributed by atoms with van der Waals surface area (Å²) in [5, 5.41) is 11.2. The Balaban J connectivity index is 1.89. The van der Waals surface area contributed by atoms with E-state index in [2.05, 4.69) is 10.7 Å². The van der Waals surface area contributed by atoms with Crippen molar-refractivity contribution in [2.24, 2.45) is 5.92 Å². The summed E-state index contributed by atoms with van der Waals surface area (Å²) in [6.45, 7) is 0.0951. The van der Waals surface area contributed by atoms with Crippen LogP contribution in [-0.4, -0.2) is 29.2 Å². The van der Waals surface area contributed by atoms with Gasteiger partial charge in [0.05, 0.1) is 0 Å². The molecule has 1 saturated carbocycles. The molecule has 0 heterocycles. The van der Waals surface area contributed by atoms with Crippen LogP contribution in [0.25, 0.3) is 0 Å². The Labute approximate surface area is 152 Å². The Bertz CT molecular complexity index is 602. The number of alkyl carbamates (subject to hydrolysis) is 1. The van der Waals surface area contributed by atoms with Crippen LogP contribution < -0.4 is 16.2 Å². The summed E-state index contributed by atoms with van der Waals surface area (Å²) >= 11 is 0. The fourth-order valence-corrected chi connectivity index (χ4v) is 3.10. The Morgan fingerprint density at radius 3 is 2.42 bits per heavy atom. The number of hydrogen-bond acceptors (Lipinski definition) is 4. The van der Waals surface area contributed by atoms with Crippen LogP contribution in [0.5, 0.6) is 0 Å². The molecule has 3 amide bonds. The van der Waals surface area contributed by atoms with Crippen molar-refractivity contribution in [1.29, 1.82) is 0 Å². The van der Waals surface area contributed by atoms with Gasteiger partial charge in [-0.3, -0.25) is 10.2 Å². The van der Waals surface area contributed by atoms with Gasteiger partial charge in [0.2, 0.25) is 0 Å². The molecule has 8 heteroatoms.